The molecule has 0 bridgehead atoms. The maximum atomic E-state index is 12.5. The number of nitrogens with one attached hydrogen (secondary N) is 2. The van der Waals surface area contributed by atoms with Gasteiger partial charge in [0.15, 0.2) is 0 Å². The summed E-state index contributed by atoms with van der Waals surface area (Å²) < 4.78 is 27.5. The zero-order chi connectivity index (χ0) is 20.9. The zero-order valence-corrected chi connectivity index (χ0v) is 17.8. The molecule has 1 aromatic heterocycles. The molecule has 152 valence electrons. The van der Waals surface area contributed by atoms with E-state index in [-0.39, 0.29) is 21.4 Å². The van der Waals surface area contributed by atoms with Crippen molar-refractivity contribution >= 4 is 32.4 Å². The molecule has 0 radical (unpaired) electrons. The Morgan fingerprint density at radius 3 is 2.45 bits per heavy atom. The molecule has 0 fully saturated rings. The number of carbonyl (C=O) groups excluding carboxylic acids is 1. The van der Waals surface area contributed by atoms with Crippen molar-refractivity contribution in [2.45, 2.75) is 37.1 Å². The van der Waals surface area contributed by atoms with E-state index in [2.05, 4.69) is 20.2 Å². The summed E-state index contributed by atoms with van der Waals surface area (Å²) in [6.07, 6.45) is 1.41. The molecule has 1 heterocycles. The summed E-state index contributed by atoms with van der Waals surface area (Å²) in [5, 5.41) is 10.2. The van der Waals surface area contributed by atoms with Gasteiger partial charge in [0.2, 0.25) is 9.47 Å². The first-order valence-electron chi connectivity index (χ1n) is 9.11. The van der Waals surface area contributed by atoms with Crippen molar-refractivity contribution in [3.8, 4) is 0 Å². The van der Waals surface area contributed by atoms with Gasteiger partial charge in [-0.2, -0.15) is 0 Å². The van der Waals surface area contributed by atoms with E-state index in [1.165, 1.54) is 0 Å². The van der Waals surface area contributed by atoms with Crippen LogP contribution in [0.25, 0.3) is 0 Å². The third-order valence-electron chi connectivity index (χ3n) is 4.24. The fourth-order valence-corrected chi connectivity index (χ4v) is 4.83. The second kappa shape index (κ2) is 9.25. The van der Waals surface area contributed by atoms with Gasteiger partial charge in [-0.15, -0.1) is 10.2 Å². The van der Waals surface area contributed by atoms with Crippen molar-refractivity contribution in [3.05, 3.63) is 71.3 Å². The minimum atomic E-state index is -3.81. The van der Waals surface area contributed by atoms with Gasteiger partial charge in [-0.05, 0) is 44.4 Å². The number of carbonyl (C=O) groups is 1. The summed E-state index contributed by atoms with van der Waals surface area (Å²) in [5.41, 5.74) is 2.65. The predicted octanol–water partition coefficient (Wildman–Crippen LogP) is 3.40. The number of amides is 1. The van der Waals surface area contributed by atoms with E-state index in [4.69, 9.17) is 0 Å². The quantitative estimate of drug-likeness (QED) is 0.534. The molecule has 2 aromatic carbocycles. The number of benzene rings is 2. The lowest BCUT2D eigenvalue weighted by Crippen LogP contribution is -2.32. The van der Waals surface area contributed by atoms with Crippen molar-refractivity contribution in [3.63, 3.8) is 0 Å². The number of nitrogens with zero attached hydrogens (tertiary/aromatic N) is 2. The lowest BCUT2D eigenvalue weighted by atomic mass is 10.1. The maximum absolute atomic E-state index is 12.5. The highest BCUT2D eigenvalue weighted by Crippen LogP contribution is 2.21. The van der Waals surface area contributed by atoms with Crippen LogP contribution in [0.5, 0.6) is 0 Å². The first-order chi connectivity index (χ1) is 13.8. The Bertz CT molecular complexity index is 1060. The van der Waals surface area contributed by atoms with E-state index in [1.54, 1.807) is 12.1 Å². The molecule has 0 aliphatic carbocycles. The average Bonchev–Trinajstić information content (AvgIpc) is 3.17. The largest absolute Gasteiger partial charge is 0.296 e. The molecule has 3 rings (SSSR count). The molecule has 3 aromatic rings. The molecule has 0 aliphatic heterocycles. The van der Waals surface area contributed by atoms with Crippen LogP contribution in [0.15, 0.2) is 58.9 Å². The summed E-state index contributed by atoms with van der Waals surface area (Å²) in [6, 6.07) is 16.6. The highest BCUT2D eigenvalue weighted by molar-refractivity contribution is 7.91. The summed E-state index contributed by atoms with van der Waals surface area (Å²) in [6.45, 7) is 3.74. The molecule has 0 saturated heterocycles. The molecule has 0 spiro atoms. The number of sulfonamides is 1. The van der Waals surface area contributed by atoms with Crippen LogP contribution in [0.3, 0.4) is 0 Å². The van der Waals surface area contributed by atoms with Crippen LogP contribution in [0, 0.1) is 6.92 Å². The Hall–Kier alpha value is -2.62. The molecule has 0 saturated carbocycles. The van der Waals surface area contributed by atoms with Gasteiger partial charge in [0.05, 0.1) is 0 Å². The van der Waals surface area contributed by atoms with Gasteiger partial charge >= 0.3 is 0 Å². The summed E-state index contributed by atoms with van der Waals surface area (Å²) in [4.78, 5) is 12.2. The Kier molecular flexibility index (Phi) is 6.73. The molecule has 2 N–H and O–H groups in total. The minimum absolute atomic E-state index is 0.132. The number of anilines is 1. The van der Waals surface area contributed by atoms with Crippen molar-refractivity contribution in [1.29, 1.82) is 0 Å². The number of rotatable bonds is 8. The molecule has 1 amide bonds. The normalized spacial score (nSPS) is 12.5. The summed E-state index contributed by atoms with van der Waals surface area (Å²) in [5.74, 6) is -0.366. The Balaban J connectivity index is 1.59. The predicted molar refractivity (Wildman–Crippen MR) is 114 cm³/mol. The van der Waals surface area contributed by atoms with E-state index < -0.39 is 10.0 Å². The van der Waals surface area contributed by atoms with E-state index in [0.29, 0.717) is 12.0 Å². The van der Waals surface area contributed by atoms with Crippen LogP contribution in [-0.2, 0) is 16.4 Å². The summed E-state index contributed by atoms with van der Waals surface area (Å²) in [7, 11) is -3.81. The Morgan fingerprint density at radius 2 is 1.76 bits per heavy atom. The molecule has 0 aliphatic rings. The Morgan fingerprint density at radius 1 is 1.07 bits per heavy atom. The third-order valence-corrected chi connectivity index (χ3v) is 7.03. The van der Waals surface area contributed by atoms with Crippen molar-refractivity contribution in [1.82, 2.24) is 14.9 Å². The van der Waals surface area contributed by atoms with Crippen molar-refractivity contribution in [2.75, 3.05) is 5.32 Å². The molecular formula is C20H22N4O3S2. The third kappa shape index (κ3) is 5.93. The zero-order valence-electron chi connectivity index (χ0n) is 16.1. The van der Waals surface area contributed by atoms with E-state index in [1.807, 2.05) is 56.3 Å². The lowest BCUT2D eigenvalue weighted by molar-refractivity contribution is 0.102. The molecular weight excluding hydrogens is 408 g/mol. The van der Waals surface area contributed by atoms with Crippen LogP contribution in [0.2, 0.25) is 0 Å². The van der Waals surface area contributed by atoms with Crippen LogP contribution in [0.1, 0.15) is 34.8 Å². The first kappa shape index (κ1) is 21.1. The van der Waals surface area contributed by atoms with Gasteiger partial charge < -0.3 is 0 Å². The standard InChI is InChI=1S/C20H22N4O3S2/c1-14-8-12-17(13-9-14)18(25)21-19-22-23-20(28-19)29(26,27)24-15(2)10-11-16-6-4-3-5-7-16/h3-9,12-13,15,24H,10-11H2,1-2H3,(H,21,22,25). The van der Waals surface area contributed by atoms with Gasteiger partial charge in [0, 0.05) is 11.6 Å². The number of hydrogen-bond acceptors (Lipinski definition) is 6. The average molecular weight is 431 g/mol. The van der Waals surface area contributed by atoms with E-state index in [0.717, 1.165) is 28.9 Å². The highest BCUT2D eigenvalue weighted by Gasteiger charge is 2.23. The monoisotopic (exact) mass is 430 g/mol. The van der Waals surface area contributed by atoms with Gasteiger partial charge in [-0.3, -0.25) is 10.1 Å². The molecule has 1 unspecified atom stereocenters. The molecule has 29 heavy (non-hydrogen) atoms. The van der Waals surface area contributed by atoms with Gasteiger partial charge in [-0.1, -0.05) is 59.4 Å². The molecule has 9 heteroatoms. The van der Waals surface area contributed by atoms with E-state index >= 15 is 0 Å². The molecule has 7 nitrogen and oxygen atoms in total. The van der Waals surface area contributed by atoms with Gasteiger partial charge in [0.25, 0.3) is 15.9 Å². The minimum Gasteiger partial charge on any atom is -0.296 e. The van der Waals surface area contributed by atoms with Crippen LogP contribution >= 0.6 is 11.3 Å². The van der Waals surface area contributed by atoms with Crippen molar-refractivity contribution in [2.24, 2.45) is 0 Å². The second-order valence-corrected chi connectivity index (χ2v) is 9.61. The van der Waals surface area contributed by atoms with Crippen LogP contribution < -0.4 is 10.0 Å². The summed E-state index contributed by atoms with van der Waals surface area (Å²) >= 11 is 0.818. The highest BCUT2D eigenvalue weighted by atomic mass is 32.2. The first-order valence-corrected chi connectivity index (χ1v) is 11.4. The Labute approximate surface area is 174 Å². The number of hydrogen-bond donors (Lipinski definition) is 2. The van der Waals surface area contributed by atoms with E-state index in [9.17, 15) is 13.2 Å². The fourth-order valence-electron chi connectivity index (χ4n) is 2.65. The molecule has 1 atom stereocenters. The maximum Gasteiger partial charge on any atom is 0.270 e. The van der Waals surface area contributed by atoms with Gasteiger partial charge in [0.1, 0.15) is 0 Å². The number of aryl methyl sites for hydroxylation is 2. The van der Waals surface area contributed by atoms with Crippen LogP contribution in [0.4, 0.5) is 5.13 Å². The fraction of sp³-hybridized carbons (Fsp3) is 0.250. The van der Waals surface area contributed by atoms with Crippen LogP contribution in [-0.4, -0.2) is 30.6 Å². The lowest BCUT2D eigenvalue weighted by Gasteiger charge is -2.12. The van der Waals surface area contributed by atoms with Crippen molar-refractivity contribution < 1.29 is 13.2 Å². The second-order valence-electron chi connectivity index (χ2n) is 6.74. The topological polar surface area (TPSA) is 101 Å². The smallest absolute Gasteiger partial charge is 0.270 e. The SMILES string of the molecule is Cc1ccc(C(=O)Nc2nnc(S(=O)(=O)NC(C)CCc3ccccc3)s2)cc1. The number of aromatic nitrogens is 2. The van der Waals surface area contributed by atoms with Gasteiger partial charge in [-0.25, -0.2) is 13.1 Å².